The topological polar surface area (TPSA) is 80.1 Å². The number of nitrogens with zero attached hydrogens (tertiary/aromatic N) is 4. The summed E-state index contributed by atoms with van der Waals surface area (Å²) in [5.74, 6) is 0.789. The molecule has 0 aromatic carbocycles. The molecule has 1 atom stereocenters. The average Bonchev–Trinajstić information content (AvgIpc) is 3.18. The van der Waals surface area contributed by atoms with Crippen LogP contribution in [0.2, 0.25) is 0 Å². The first kappa shape index (κ1) is 17.0. The van der Waals surface area contributed by atoms with E-state index in [0.29, 0.717) is 19.0 Å². The highest BCUT2D eigenvalue weighted by Crippen LogP contribution is 2.34. The number of rotatable bonds is 5. The highest BCUT2D eigenvalue weighted by molar-refractivity contribution is 5.81. The number of hydrogen-bond donors (Lipinski definition) is 1. The molecule has 2 amide bonds. The highest BCUT2D eigenvalue weighted by Gasteiger charge is 2.35. The first-order chi connectivity index (χ1) is 12.6. The van der Waals surface area contributed by atoms with E-state index in [1.54, 1.807) is 6.20 Å². The van der Waals surface area contributed by atoms with Crippen molar-refractivity contribution in [1.29, 1.82) is 0 Å². The van der Waals surface area contributed by atoms with Gasteiger partial charge in [0.05, 0.1) is 12.2 Å². The van der Waals surface area contributed by atoms with Crippen molar-refractivity contribution in [3.63, 3.8) is 0 Å². The number of fused-ring (bicyclic) bond motifs is 1. The van der Waals surface area contributed by atoms with E-state index in [-0.39, 0.29) is 17.7 Å². The Bertz CT molecular complexity index is 826. The van der Waals surface area contributed by atoms with Gasteiger partial charge in [-0.2, -0.15) is 5.10 Å². The molecule has 1 saturated heterocycles. The molecule has 4 rings (SSSR count). The zero-order chi connectivity index (χ0) is 18.1. The molecule has 2 aliphatic rings. The van der Waals surface area contributed by atoms with Gasteiger partial charge in [0.25, 0.3) is 0 Å². The molecular formula is C19H25N5O2. The number of carbonyl (C=O) groups excluding carboxylic acids is 2. The molecule has 7 nitrogen and oxygen atoms in total. The van der Waals surface area contributed by atoms with Crippen LogP contribution < -0.4 is 5.32 Å². The Morgan fingerprint density at radius 1 is 1.31 bits per heavy atom. The van der Waals surface area contributed by atoms with Crippen LogP contribution in [0.4, 0.5) is 0 Å². The Hall–Kier alpha value is -2.44. The predicted molar refractivity (Wildman–Crippen MR) is 97.5 cm³/mol. The smallest absolute Gasteiger partial charge is 0.225 e. The van der Waals surface area contributed by atoms with Crippen LogP contribution in [-0.4, -0.2) is 51.1 Å². The van der Waals surface area contributed by atoms with Crippen LogP contribution in [0.15, 0.2) is 18.3 Å². The summed E-state index contributed by atoms with van der Waals surface area (Å²) in [6.07, 6.45) is 5.99. The van der Waals surface area contributed by atoms with Gasteiger partial charge in [-0.25, -0.2) is 9.67 Å². The van der Waals surface area contributed by atoms with E-state index in [4.69, 9.17) is 5.10 Å². The molecule has 138 valence electrons. The van der Waals surface area contributed by atoms with Gasteiger partial charge in [-0.05, 0) is 31.4 Å². The van der Waals surface area contributed by atoms with Gasteiger partial charge in [0, 0.05) is 50.0 Å². The van der Waals surface area contributed by atoms with Crippen LogP contribution in [0.5, 0.6) is 0 Å². The van der Waals surface area contributed by atoms with Crippen molar-refractivity contribution in [3.05, 3.63) is 24.0 Å². The van der Waals surface area contributed by atoms with Gasteiger partial charge in [-0.15, -0.1) is 0 Å². The van der Waals surface area contributed by atoms with Crippen LogP contribution in [0.1, 0.15) is 44.2 Å². The van der Waals surface area contributed by atoms with Crippen molar-refractivity contribution in [1.82, 2.24) is 25.0 Å². The van der Waals surface area contributed by atoms with Crippen LogP contribution in [0.3, 0.4) is 0 Å². The summed E-state index contributed by atoms with van der Waals surface area (Å²) in [5, 5.41) is 8.66. The third-order valence-electron chi connectivity index (χ3n) is 5.57. The zero-order valence-electron chi connectivity index (χ0n) is 15.1. The van der Waals surface area contributed by atoms with Crippen molar-refractivity contribution in [2.45, 2.75) is 45.1 Å². The van der Waals surface area contributed by atoms with Gasteiger partial charge in [-0.3, -0.25) is 9.59 Å². The highest BCUT2D eigenvalue weighted by atomic mass is 16.2. The Morgan fingerprint density at radius 2 is 2.15 bits per heavy atom. The lowest BCUT2D eigenvalue weighted by molar-refractivity contribution is -0.137. The maximum atomic E-state index is 12.5. The van der Waals surface area contributed by atoms with E-state index in [1.165, 1.54) is 13.3 Å². The van der Waals surface area contributed by atoms with Gasteiger partial charge < -0.3 is 10.2 Å². The van der Waals surface area contributed by atoms with Gasteiger partial charge in [0.15, 0.2) is 5.65 Å². The molecule has 0 spiro atoms. The summed E-state index contributed by atoms with van der Waals surface area (Å²) < 4.78 is 1.87. The second-order valence-corrected chi connectivity index (χ2v) is 7.36. The molecule has 7 heteroatoms. The summed E-state index contributed by atoms with van der Waals surface area (Å²) >= 11 is 0. The number of nitrogens with one attached hydrogen (secondary N) is 1. The Morgan fingerprint density at radius 3 is 2.88 bits per heavy atom. The van der Waals surface area contributed by atoms with Crippen molar-refractivity contribution in [2.75, 3.05) is 19.6 Å². The molecule has 1 aliphatic heterocycles. The minimum absolute atomic E-state index is 0.0458. The van der Waals surface area contributed by atoms with E-state index in [1.807, 2.05) is 15.6 Å². The van der Waals surface area contributed by atoms with Crippen LogP contribution in [0, 0.1) is 5.92 Å². The quantitative estimate of drug-likeness (QED) is 0.885. The van der Waals surface area contributed by atoms with Gasteiger partial charge in [0.2, 0.25) is 11.8 Å². The molecule has 1 N–H and O–H groups in total. The van der Waals surface area contributed by atoms with Gasteiger partial charge >= 0.3 is 0 Å². The van der Waals surface area contributed by atoms with Crippen molar-refractivity contribution in [2.24, 2.45) is 5.92 Å². The number of hydrogen-bond acceptors (Lipinski definition) is 4. The standard InChI is InChI=1S/C19H25N5O2/c1-13(25)20-9-11-24-18-16(6-3-8-21-18)17(22-24)15-7-10-23(12-15)19(26)14-4-2-5-14/h3,6,8,14-15H,2,4-5,7,9-12H2,1H3,(H,20,25)/t15-/m0/s1. The maximum absolute atomic E-state index is 12.5. The molecule has 1 aliphatic carbocycles. The zero-order valence-corrected chi connectivity index (χ0v) is 15.1. The minimum Gasteiger partial charge on any atom is -0.354 e. The fraction of sp³-hybridized carbons (Fsp3) is 0.579. The summed E-state index contributed by atoms with van der Waals surface area (Å²) in [7, 11) is 0. The van der Waals surface area contributed by atoms with Gasteiger partial charge in [0.1, 0.15) is 0 Å². The van der Waals surface area contributed by atoms with Gasteiger partial charge in [-0.1, -0.05) is 6.42 Å². The lowest BCUT2D eigenvalue weighted by Crippen LogP contribution is -2.37. The van der Waals surface area contributed by atoms with Crippen molar-refractivity contribution >= 4 is 22.8 Å². The maximum Gasteiger partial charge on any atom is 0.225 e. The first-order valence-corrected chi connectivity index (χ1v) is 9.48. The van der Waals surface area contributed by atoms with E-state index in [9.17, 15) is 9.59 Å². The summed E-state index contributed by atoms with van der Waals surface area (Å²) in [4.78, 5) is 30.1. The summed E-state index contributed by atoms with van der Waals surface area (Å²) in [5.41, 5.74) is 1.87. The number of likely N-dealkylation sites (tertiary alicyclic amines) is 1. The van der Waals surface area contributed by atoms with Crippen LogP contribution >= 0.6 is 0 Å². The lowest BCUT2D eigenvalue weighted by Gasteiger charge is -2.29. The molecule has 0 radical (unpaired) electrons. The number of pyridine rings is 1. The fourth-order valence-corrected chi connectivity index (χ4v) is 3.93. The molecule has 2 aromatic rings. The van der Waals surface area contributed by atoms with Crippen molar-refractivity contribution in [3.8, 4) is 0 Å². The summed E-state index contributed by atoms with van der Waals surface area (Å²) in [6.45, 7) is 4.20. The second-order valence-electron chi connectivity index (χ2n) is 7.36. The lowest BCUT2D eigenvalue weighted by atomic mass is 9.84. The summed E-state index contributed by atoms with van der Waals surface area (Å²) in [6, 6.07) is 3.98. The number of aromatic nitrogens is 3. The monoisotopic (exact) mass is 355 g/mol. The fourth-order valence-electron chi connectivity index (χ4n) is 3.93. The molecule has 2 aromatic heterocycles. The Kier molecular flexibility index (Phi) is 4.61. The largest absolute Gasteiger partial charge is 0.354 e. The predicted octanol–water partition coefficient (Wildman–Crippen LogP) is 1.68. The molecule has 0 bridgehead atoms. The van der Waals surface area contributed by atoms with E-state index in [2.05, 4.69) is 16.4 Å². The molecule has 1 saturated carbocycles. The molecule has 0 unspecified atom stereocenters. The molecular weight excluding hydrogens is 330 g/mol. The number of amides is 2. The van der Waals surface area contributed by atoms with E-state index in [0.717, 1.165) is 49.1 Å². The van der Waals surface area contributed by atoms with Crippen LogP contribution in [0.25, 0.3) is 11.0 Å². The minimum atomic E-state index is -0.0458. The molecule has 3 heterocycles. The van der Waals surface area contributed by atoms with E-state index < -0.39 is 0 Å². The van der Waals surface area contributed by atoms with E-state index >= 15 is 0 Å². The third kappa shape index (κ3) is 3.18. The molecule has 2 fully saturated rings. The van der Waals surface area contributed by atoms with Crippen LogP contribution in [-0.2, 0) is 16.1 Å². The number of carbonyl (C=O) groups is 2. The normalized spacial score (nSPS) is 20.3. The average molecular weight is 355 g/mol. The molecule has 26 heavy (non-hydrogen) atoms. The SMILES string of the molecule is CC(=O)NCCn1nc([C@H]2CCN(C(=O)C3CCC3)C2)c2cccnc21. The third-order valence-corrected chi connectivity index (χ3v) is 5.57. The Labute approximate surface area is 152 Å². The first-order valence-electron chi connectivity index (χ1n) is 9.48. The second kappa shape index (κ2) is 7.05. The Balaban J connectivity index is 1.52. The van der Waals surface area contributed by atoms with Crippen molar-refractivity contribution < 1.29 is 9.59 Å².